The number of benzene rings is 7. The van der Waals surface area contributed by atoms with Crippen LogP contribution in [0.5, 0.6) is 0 Å². The summed E-state index contributed by atoms with van der Waals surface area (Å²) < 4.78 is 2.50. The van der Waals surface area contributed by atoms with Crippen LogP contribution < -0.4 is 0 Å². The van der Waals surface area contributed by atoms with Crippen molar-refractivity contribution < 1.29 is 0 Å². The van der Waals surface area contributed by atoms with Crippen LogP contribution in [-0.4, -0.2) is 15.0 Å². The van der Waals surface area contributed by atoms with Gasteiger partial charge in [0.1, 0.15) is 5.41 Å². The van der Waals surface area contributed by atoms with E-state index in [1.165, 1.54) is 47.8 Å². The monoisotopic (exact) mass is 629 g/mol. The lowest BCUT2D eigenvalue weighted by molar-refractivity contribution is 0.692. The number of aromatic nitrogens is 3. The first kappa shape index (κ1) is 27.2. The zero-order chi connectivity index (χ0) is 31.7. The lowest BCUT2D eigenvalue weighted by atomic mass is 9.71. The number of fused-ring (bicyclic) bond motifs is 7. The highest BCUT2D eigenvalue weighted by atomic mass is 32.1. The Morgan fingerprint density at radius 3 is 1.77 bits per heavy atom. The van der Waals surface area contributed by atoms with E-state index in [0.29, 0.717) is 11.6 Å². The molecule has 224 valence electrons. The Balaban J connectivity index is 1.30. The van der Waals surface area contributed by atoms with Crippen LogP contribution in [0.3, 0.4) is 0 Å². The fraction of sp³-hybridized carbons (Fsp3) is 0.0227. The predicted molar refractivity (Wildman–Crippen MR) is 198 cm³/mol. The van der Waals surface area contributed by atoms with Crippen molar-refractivity contribution in [2.45, 2.75) is 5.41 Å². The zero-order valence-corrected chi connectivity index (χ0v) is 26.7. The second-order valence-corrected chi connectivity index (χ2v) is 13.5. The average Bonchev–Trinajstić information content (AvgIpc) is 3.68. The van der Waals surface area contributed by atoms with Crippen molar-refractivity contribution in [1.29, 1.82) is 0 Å². The molecule has 1 aliphatic rings. The molecule has 0 saturated carbocycles. The molecule has 7 aromatic carbocycles. The van der Waals surface area contributed by atoms with Gasteiger partial charge in [-0.2, -0.15) is 0 Å². The molecule has 2 aromatic heterocycles. The van der Waals surface area contributed by atoms with E-state index in [0.717, 1.165) is 27.9 Å². The third-order valence-corrected chi connectivity index (χ3v) is 10.9. The summed E-state index contributed by atoms with van der Waals surface area (Å²) in [5, 5.41) is 4.87. The summed E-state index contributed by atoms with van der Waals surface area (Å²) in [6, 6.07) is 58.3. The molecule has 0 fully saturated rings. The summed E-state index contributed by atoms with van der Waals surface area (Å²) in [7, 11) is 0. The SMILES string of the molecule is c1ccc(C2(c3nc(-c4ccc5ccccc5c4)nc(-c4ccc5c(c4)sc4ccccc45)n3)c3ccccc3-c3ccccc32)cc1. The molecule has 1 aliphatic carbocycles. The van der Waals surface area contributed by atoms with Crippen LogP contribution in [0.25, 0.3) is 64.8 Å². The summed E-state index contributed by atoms with van der Waals surface area (Å²) >= 11 is 1.81. The molecule has 10 rings (SSSR count). The predicted octanol–water partition coefficient (Wildman–Crippen LogP) is 11.1. The minimum Gasteiger partial charge on any atom is -0.211 e. The quantitative estimate of drug-likeness (QED) is 0.194. The van der Waals surface area contributed by atoms with Crippen molar-refractivity contribution in [2.24, 2.45) is 0 Å². The van der Waals surface area contributed by atoms with Crippen LogP contribution in [0.2, 0.25) is 0 Å². The van der Waals surface area contributed by atoms with Gasteiger partial charge in [0.25, 0.3) is 0 Å². The molecule has 0 N–H and O–H groups in total. The molecule has 0 bridgehead atoms. The second kappa shape index (κ2) is 10.5. The van der Waals surface area contributed by atoms with Gasteiger partial charge in [-0.1, -0.05) is 146 Å². The molecule has 0 radical (unpaired) electrons. The van der Waals surface area contributed by atoms with Crippen LogP contribution in [0, 0.1) is 0 Å². The molecule has 0 atom stereocenters. The summed E-state index contributed by atoms with van der Waals surface area (Å²) in [5.74, 6) is 2.05. The molecular formula is C44H27N3S. The minimum absolute atomic E-state index is 0.661. The molecule has 0 aliphatic heterocycles. The smallest absolute Gasteiger partial charge is 0.163 e. The first-order valence-corrected chi connectivity index (χ1v) is 17.0. The van der Waals surface area contributed by atoms with E-state index >= 15 is 0 Å². The van der Waals surface area contributed by atoms with E-state index in [1.54, 1.807) is 0 Å². The van der Waals surface area contributed by atoms with Gasteiger partial charge in [-0.05, 0) is 56.8 Å². The number of nitrogens with zero attached hydrogens (tertiary/aromatic N) is 3. The van der Waals surface area contributed by atoms with Gasteiger partial charge in [0.2, 0.25) is 0 Å². The summed E-state index contributed by atoms with van der Waals surface area (Å²) in [5.41, 5.74) is 7.10. The van der Waals surface area contributed by atoms with Gasteiger partial charge in [-0.25, -0.2) is 15.0 Å². The highest BCUT2D eigenvalue weighted by Gasteiger charge is 2.48. The Hall–Kier alpha value is -5.97. The molecule has 3 nitrogen and oxygen atoms in total. The number of rotatable bonds is 4. The average molecular weight is 630 g/mol. The lowest BCUT2D eigenvalue weighted by Crippen LogP contribution is -2.31. The maximum Gasteiger partial charge on any atom is 0.163 e. The summed E-state index contributed by atoms with van der Waals surface area (Å²) in [6.07, 6.45) is 0. The minimum atomic E-state index is -0.737. The molecule has 0 saturated heterocycles. The summed E-state index contributed by atoms with van der Waals surface area (Å²) in [4.78, 5) is 16.1. The van der Waals surface area contributed by atoms with E-state index in [9.17, 15) is 0 Å². The van der Waals surface area contributed by atoms with Crippen LogP contribution in [0.4, 0.5) is 0 Å². The Bertz CT molecular complexity index is 2650. The maximum absolute atomic E-state index is 5.46. The van der Waals surface area contributed by atoms with Crippen molar-refractivity contribution >= 4 is 42.3 Å². The van der Waals surface area contributed by atoms with Crippen molar-refractivity contribution in [2.75, 3.05) is 0 Å². The zero-order valence-electron chi connectivity index (χ0n) is 25.8. The van der Waals surface area contributed by atoms with Crippen molar-refractivity contribution in [3.8, 4) is 33.9 Å². The highest BCUT2D eigenvalue weighted by molar-refractivity contribution is 7.25. The number of hydrogen-bond acceptors (Lipinski definition) is 4. The first-order valence-electron chi connectivity index (χ1n) is 16.2. The van der Waals surface area contributed by atoms with E-state index < -0.39 is 5.41 Å². The van der Waals surface area contributed by atoms with Crippen LogP contribution in [0.1, 0.15) is 22.5 Å². The van der Waals surface area contributed by atoms with Crippen molar-refractivity contribution in [3.05, 3.63) is 186 Å². The first-order chi connectivity index (χ1) is 23.8. The third-order valence-electron chi connectivity index (χ3n) is 9.77. The van der Waals surface area contributed by atoms with Crippen molar-refractivity contribution in [1.82, 2.24) is 15.0 Å². The van der Waals surface area contributed by atoms with E-state index in [1.807, 2.05) is 11.3 Å². The highest BCUT2D eigenvalue weighted by Crippen LogP contribution is 2.55. The second-order valence-electron chi connectivity index (χ2n) is 12.4. The molecule has 0 amide bonds. The van der Waals surface area contributed by atoms with Gasteiger partial charge in [0.15, 0.2) is 17.5 Å². The molecule has 4 heteroatoms. The van der Waals surface area contributed by atoms with E-state index in [4.69, 9.17) is 15.0 Å². The topological polar surface area (TPSA) is 38.7 Å². The van der Waals surface area contributed by atoms with Crippen LogP contribution >= 0.6 is 11.3 Å². The van der Waals surface area contributed by atoms with Gasteiger partial charge in [-0.15, -0.1) is 11.3 Å². The number of hydrogen-bond donors (Lipinski definition) is 0. The van der Waals surface area contributed by atoms with Gasteiger partial charge < -0.3 is 0 Å². The lowest BCUT2D eigenvalue weighted by Gasteiger charge is -2.32. The van der Waals surface area contributed by atoms with E-state index in [2.05, 4.69) is 164 Å². The Morgan fingerprint density at radius 2 is 1.00 bits per heavy atom. The number of thiophene rings is 1. The van der Waals surface area contributed by atoms with Crippen molar-refractivity contribution in [3.63, 3.8) is 0 Å². The molecular weight excluding hydrogens is 603 g/mol. The Morgan fingerprint density at radius 1 is 0.417 bits per heavy atom. The molecule has 0 spiro atoms. The Kier molecular flexibility index (Phi) is 5.96. The third kappa shape index (κ3) is 3.96. The van der Waals surface area contributed by atoms with Gasteiger partial charge in [0.05, 0.1) is 0 Å². The Labute approximate surface area is 281 Å². The van der Waals surface area contributed by atoms with Crippen LogP contribution in [-0.2, 0) is 5.41 Å². The standard InChI is InChI=1S/C44H27N3S/c1-2-14-32(15-3-1)44(37-19-9-6-16-33(37)34-17-7-10-20-38(34)44)43-46-41(30-23-22-28-12-4-5-13-29(28)26-30)45-42(47-43)31-24-25-36-35-18-8-11-21-39(35)48-40(36)27-31/h1-27H. The fourth-order valence-corrected chi connectivity index (χ4v) is 8.74. The fourth-order valence-electron chi connectivity index (χ4n) is 7.60. The largest absolute Gasteiger partial charge is 0.211 e. The summed E-state index contributed by atoms with van der Waals surface area (Å²) in [6.45, 7) is 0. The molecule has 2 heterocycles. The molecule has 0 unspecified atom stereocenters. The van der Waals surface area contributed by atoms with E-state index in [-0.39, 0.29) is 0 Å². The van der Waals surface area contributed by atoms with Gasteiger partial charge in [0, 0.05) is 31.3 Å². The normalized spacial score (nSPS) is 13.2. The molecule has 9 aromatic rings. The van der Waals surface area contributed by atoms with Gasteiger partial charge >= 0.3 is 0 Å². The maximum atomic E-state index is 5.46. The van der Waals surface area contributed by atoms with Gasteiger partial charge in [-0.3, -0.25) is 0 Å². The van der Waals surface area contributed by atoms with Crippen LogP contribution in [0.15, 0.2) is 164 Å². The molecule has 48 heavy (non-hydrogen) atoms.